The molecular formula is C19H15F5N3O4S-. The number of hydrogen-bond donors (Lipinski definition) is 1. The molecule has 0 aromatic heterocycles. The number of nitrogens with zero attached hydrogens (tertiary/aromatic N) is 2. The summed E-state index contributed by atoms with van der Waals surface area (Å²) in [5.41, 5.74) is -3.12. The fourth-order valence-electron chi connectivity index (χ4n) is 3.25. The highest BCUT2D eigenvalue weighted by molar-refractivity contribution is 7.80. The predicted octanol–water partition coefficient (Wildman–Crippen LogP) is 2.79. The molecule has 1 aliphatic rings. The van der Waals surface area contributed by atoms with Gasteiger partial charge in [-0.15, -0.1) is 0 Å². The van der Waals surface area contributed by atoms with Crippen LogP contribution in [0, 0.1) is 11.6 Å². The van der Waals surface area contributed by atoms with E-state index in [0.29, 0.717) is 6.07 Å². The molecular weight excluding hydrogens is 461 g/mol. The van der Waals surface area contributed by atoms with E-state index in [1.54, 1.807) is 4.72 Å². The number of anilines is 1. The van der Waals surface area contributed by atoms with Gasteiger partial charge in [-0.1, -0.05) is 6.07 Å². The molecule has 32 heavy (non-hydrogen) atoms. The van der Waals surface area contributed by atoms with E-state index in [1.165, 1.54) is 4.90 Å². The highest BCUT2D eigenvalue weighted by atomic mass is 32.2. The maximum absolute atomic E-state index is 13.8. The second-order valence-corrected chi connectivity index (χ2v) is 7.45. The Bertz CT molecular complexity index is 1050. The minimum Gasteiger partial charge on any atom is -0.755 e. The zero-order valence-corrected chi connectivity index (χ0v) is 16.9. The first kappa shape index (κ1) is 23.6. The molecule has 1 heterocycles. The number of piperazine rings is 1. The van der Waals surface area contributed by atoms with Crippen LogP contribution in [0.4, 0.5) is 27.6 Å². The summed E-state index contributed by atoms with van der Waals surface area (Å²) in [6.45, 7) is -0.322. The Morgan fingerprint density at radius 1 is 0.938 bits per heavy atom. The molecule has 0 aliphatic carbocycles. The molecule has 0 saturated carbocycles. The van der Waals surface area contributed by atoms with Crippen LogP contribution in [0.25, 0.3) is 0 Å². The number of nitrogens with one attached hydrogen (secondary N) is 1. The van der Waals surface area contributed by atoms with Crippen LogP contribution in [0.3, 0.4) is 0 Å². The molecule has 7 nitrogen and oxygen atoms in total. The van der Waals surface area contributed by atoms with Crippen LogP contribution in [0.5, 0.6) is 0 Å². The summed E-state index contributed by atoms with van der Waals surface area (Å²) >= 11 is -3.00. The first-order valence-corrected chi connectivity index (χ1v) is 10.2. The second-order valence-electron chi connectivity index (χ2n) is 6.78. The standard InChI is InChI=1S/C19H16F5N3O4S/c20-13-2-1-3-14(21)16(13)18(29)27-8-6-26(7-9-27)17(28)11-4-5-15(25-32(30)31)12(10-11)19(22,23)24/h1-5,10,25H,6-9H2,(H,30,31)/p-1. The fraction of sp³-hybridized carbons (Fsp3) is 0.263. The van der Waals surface area contributed by atoms with Crippen molar-refractivity contribution in [1.29, 1.82) is 0 Å². The Kier molecular flexibility index (Phi) is 6.79. The van der Waals surface area contributed by atoms with Gasteiger partial charge in [-0.25, -0.2) is 8.78 Å². The third-order valence-electron chi connectivity index (χ3n) is 4.80. The average molecular weight is 476 g/mol. The maximum atomic E-state index is 13.8. The molecule has 2 aromatic carbocycles. The van der Waals surface area contributed by atoms with Crippen molar-refractivity contribution in [3.8, 4) is 0 Å². The lowest BCUT2D eigenvalue weighted by Crippen LogP contribution is -2.50. The summed E-state index contributed by atoms with van der Waals surface area (Å²) < 4.78 is 90.6. The highest BCUT2D eigenvalue weighted by Gasteiger charge is 2.35. The lowest BCUT2D eigenvalue weighted by molar-refractivity contribution is -0.136. The molecule has 1 saturated heterocycles. The van der Waals surface area contributed by atoms with Gasteiger partial charge in [0.25, 0.3) is 11.8 Å². The van der Waals surface area contributed by atoms with Gasteiger partial charge in [-0.05, 0) is 30.3 Å². The maximum Gasteiger partial charge on any atom is 0.418 e. The zero-order valence-electron chi connectivity index (χ0n) is 16.1. The van der Waals surface area contributed by atoms with Crippen molar-refractivity contribution in [2.75, 3.05) is 30.9 Å². The fourth-order valence-corrected chi connectivity index (χ4v) is 3.60. The van der Waals surface area contributed by atoms with Gasteiger partial charge in [-0.2, -0.15) is 13.2 Å². The van der Waals surface area contributed by atoms with Crippen molar-refractivity contribution in [1.82, 2.24) is 9.80 Å². The van der Waals surface area contributed by atoms with Crippen molar-refractivity contribution >= 4 is 28.8 Å². The molecule has 1 unspecified atom stereocenters. The number of alkyl halides is 3. The first-order valence-electron chi connectivity index (χ1n) is 9.08. The van der Waals surface area contributed by atoms with Gasteiger partial charge in [-0.3, -0.25) is 13.8 Å². The Balaban J connectivity index is 1.74. The quantitative estimate of drug-likeness (QED) is 0.543. The number of carbonyl (C=O) groups excluding carboxylic acids is 2. The lowest BCUT2D eigenvalue weighted by Gasteiger charge is -2.35. The SMILES string of the molecule is O=C(c1ccc(NS(=O)[O-])c(C(F)(F)F)c1)N1CCN(C(=O)c2c(F)cccc2F)CC1. The number of halogens is 5. The molecule has 172 valence electrons. The minimum absolute atomic E-state index is 0.0768. The zero-order chi connectivity index (χ0) is 23.6. The number of rotatable bonds is 4. The van der Waals surface area contributed by atoms with Crippen LogP contribution in [0.15, 0.2) is 36.4 Å². The molecule has 1 atom stereocenters. The summed E-state index contributed by atoms with van der Waals surface area (Å²) in [5.74, 6) is -3.72. The van der Waals surface area contributed by atoms with Crippen LogP contribution >= 0.6 is 0 Å². The Morgan fingerprint density at radius 3 is 1.97 bits per heavy atom. The van der Waals surface area contributed by atoms with Crippen molar-refractivity contribution in [3.05, 3.63) is 64.7 Å². The molecule has 0 radical (unpaired) electrons. The van der Waals surface area contributed by atoms with E-state index < -0.39 is 57.7 Å². The summed E-state index contributed by atoms with van der Waals surface area (Å²) in [4.78, 5) is 27.4. The normalized spacial score (nSPS) is 15.4. The number of benzene rings is 2. The van der Waals surface area contributed by atoms with Crippen LogP contribution in [-0.4, -0.2) is 56.6 Å². The van der Waals surface area contributed by atoms with Gasteiger partial charge in [0.05, 0.1) is 11.3 Å². The third kappa shape index (κ3) is 5.05. The van der Waals surface area contributed by atoms with Crippen LogP contribution < -0.4 is 4.72 Å². The summed E-state index contributed by atoms with van der Waals surface area (Å²) in [6, 6.07) is 5.39. The molecule has 2 amide bonds. The Labute approximate surface area is 181 Å². The van der Waals surface area contributed by atoms with E-state index in [0.717, 1.165) is 35.2 Å². The summed E-state index contributed by atoms with van der Waals surface area (Å²) in [7, 11) is 0. The van der Waals surface area contributed by atoms with Crippen LogP contribution in [0.2, 0.25) is 0 Å². The third-order valence-corrected chi connectivity index (χ3v) is 5.18. The summed E-state index contributed by atoms with van der Waals surface area (Å²) in [6.07, 6.45) is -4.92. The van der Waals surface area contributed by atoms with E-state index in [4.69, 9.17) is 0 Å². The topological polar surface area (TPSA) is 92.8 Å². The first-order chi connectivity index (χ1) is 15.0. The Morgan fingerprint density at radius 2 is 1.47 bits per heavy atom. The number of carbonyl (C=O) groups is 2. The molecule has 2 aromatic rings. The van der Waals surface area contributed by atoms with Gasteiger partial charge in [0.1, 0.15) is 17.2 Å². The smallest absolute Gasteiger partial charge is 0.418 e. The van der Waals surface area contributed by atoms with E-state index in [2.05, 4.69) is 0 Å². The van der Waals surface area contributed by atoms with Gasteiger partial charge in [0.2, 0.25) is 0 Å². The lowest BCUT2D eigenvalue weighted by atomic mass is 10.1. The van der Waals surface area contributed by atoms with Crippen LogP contribution in [-0.2, 0) is 17.4 Å². The second kappa shape index (κ2) is 9.20. The van der Waals surface area contributed by atoms with E-state index in [-0.39, 0.29) is 31.7 Å². The number of hydrogen-bond acceptors (Lipinski definition) is 4. The van der Waals surface area contributed by atoms with Gasteiger partial charge in [0.15, 0.2) is 0 Å². The molecule has 1 aliphatic heterocycles. The highest BCUT2D eigenvalue weighted by Crippen LogP contribution is 2.36. The number of amides is 2. The van der Waals surface area contributed by atoms with Crippen molar-refractivity contribution in [2.45, 2.75) is 6.18 Å². The molecule has 1 fully saturated rings. The summed E-state index contributed by atoms with van der Waals surface area (Å²) in [5, 5.41) is 0. The van der Waals surface area contributed by atoms with Crippen molar-refractivity contribution in [2.24, 2.45) is 0 Å². The van der Waals surface area contributed by atoms with Crippen molar-refractivity contribution < 1.29 is 40.3 Å². The molecule has 0 spiro atoms. The largest absolute Gasteiger partial charge is 0.755 e. The van der Waals surface area contributed by atoms with Gasteiger partial charge >= 0.3 is 6.18 Å². The van der Waals surface area contributed by atoms with Crippen LogP contribution in [0.1, 0.15) is 26.3 Å². The molecule has 0 bridgehead atoms. The van der Waals surface area contributed by atoms with E-state index >= 15 is 0 Å². The predicted molar refractivity (Wildman–Crippen MR) is 102 cm³/mol. The van der Waals surface area contributed by atoms with E-state index in [9.17, 15) is 40.3 Å². The van der Waals surface area contributed by atoms with Crippen molar-refractivity contribution in [3.63, 3.8) is 0 Å². The average Bonchev–Trinajstić information content (AvgIpc) is 2.72. The molecule has 3 rings (SSSR count). The van der Waals surface area contributed by atoms with E-state index in [1.807, 2.05) is 0 Å². The Hall–Kier alpha value is -3.06. The van der Waals surface area contributed by atoms with Gasteiger partial charge in [0, 0.05) is 43.0 Å². The molecule has 1 N–H and O–H groups in total. The minimum atomic E-state index is -4.92. The van der Waals surface area contributed by atoms with Gasteiger partial charge < -0.3 is 19.1 Å². The molecule has 13 heteroatoms. The monoisotopic (exact) mass is 476 g/mol.